The lowest BCUT2D eigenvalue weighted by Gasteiger charge is -2.28. The van der Waals surface area contributed by atoms with Crippen LogP contribution in [0.4, 0.5) is 5.69 Å². The number of hydrogen-bond acceptors (Lipinski definition) is 2. The number of aryl methyl sites for hydroxylation is 1. The van der Waals surface area contributed by atoms with Gasteiger partial charge in [-0.3, -0.25) is 4.79 Å². The topological polar surface area (TPSA) is 41.1 Å². The summed E-state index contributed by atoms with van der Waals surface area (Å²) in [4.78, 5) is 12.3. The summed E-state index contributed by atoms with van der Waals surface area (Å²) < 4.78 is 1.82. The van der Waals surface area contributed by atoms with Crippen molar-refractivity contribution in [2.45, 2.75) is 33.1 Å². The predicted octanol–water partition coefficient (Wildman–Crippen LogP) is 4.48. The summed E-state index contributed by atoms with van der Waals surface area (Å²) in [5.74, 6) is 1.09. The van der Waals surface area contributed by atoms with Crippen LogP contribution in [-0.4, -0.2) is 19.0 Å². The molecule has 1 fully saturated rings. The average molecular weight is 418 g/mol. The molecule has 1 heterocycles. The van der Waals surface area contributed by atoms with Crippen molar-refractivity contribution < 1.29 is 4.79 Å². The van der Waals surface area contributed by atoms with Gasteiger partial charge in [-0.15, -0.1) is 0 Å². The second kappa shape index (κ2) is 7.75. The fourth-order valence-electron chi connectivity index (χ4n) is 2.83. The van der Waals surface area contributed by atoms with Crippen molar-refractivity contribution in [3.05, 3.63) is 26.6 Å². The van der Waals surface area contributed by atoms with Crippen LogP contribution in [-0.2, 0) is 4.79 Å². The third kappa shape index (κ3) is 4.80. The van der Waals surface area contributed by atoms with E-state index in [1.807, 2.05) is 19.1 Å². The maximum absolute atomic E-state index is 12.3. The maximum atomic E-state index is 12.3. The monoisotopic (exact) mass is 416 g/mol. The third-order valence-electron chi connectivity index (χ3n) is 4.10. The summed E-state index contributed by atoms with van der Waals surface area (Å²) in [6.45, 7) is 6.35. The van der Waals surface area contributed by atoms with Gasteiger partial charge in [0.25, 0.3) is 0 Å². The highest BCUT2D eigenvalue weighted by Gasteiger charge is 2.22. The van der Waals surface area contributed by atoms with E-state index in [-0.39, 0.29) is 5.91 Å². The van der Waals surface area contributed by atoms with Gasteiger partial charge in [0.15, 0.2) is 0 Å². The van der Waals surface area contributed by atoms with E-state index in [0.717, 1.165) is 33.3 Å². The van der Waals surface area contributed by atoms with Crippen molar-refractivity contribution in [3.8, 4) is 0 Å². The number of piperidine rings is 1. The second-order valence-corrected chi connectivity index (χ2v) is 7.65. The van der Waals surface area contributed by atoms with E-state index >= 15 is 0 Å². The summed E-state index contributed by atoms with van der Waals surface area (Å²) in [5.41, 5.74) is 1.97. The normalized spacial score (nSPS) is 20.1. The molecule has 2 rings (SSSR count). The quantitative estimate of drug-likeness (QED) is 0.757. The molecule has 0 spiro atoms. The van der Waals surface area contributed by atoms with Crippen LogP contribution in [0.3, 0.4) is 0 Å². The van der Waals surface area contributed by atoms with Gasteiger partial charge in [0.05, 0.1) is 5.69 Å². The predicted molar refractivity (Wildman–Crippen MR) is 94.6 cm³/mol. The molecular weight excluding hydrogens is 396 g/mol. The second-order valence-electron chi connectivity index (χ2n) is 5.94. The summed E-state index contributed by atoms with van der Waals surface area (Å²) in [6, 6.07) is 4.02. The van der Waals surface area contributed by atoms with E-state index in [1.165, 1.54) is 12.8 Å². The van der Waals surface area contributed by atoms with Crippen LogP contribution in [0.1, 0.15) is 31.7 Å². The molecule has 2 atom stereocenters. The largest absolute Gasteiger partial charge is 0.324 e. The van der Waals surface area contributed by atoms with Gasteiger partial charge < -0.3 is 10.6 Å². The molecule has 1 aliphatic heterocycles. The summed E-state index contributed by atoms with van der Waals surface area (Å²) in [7, 11) is 0. The Hall–Kier alpha value is -0.390. The van der Waals surface area contributed by atoms with E-state index in [0.29, 0.717) is 18.3 Å². The molecule has 1 aliphatic rings. The summed E-state index contributed by atoms with van der Waals surface area (Å²) >= 11 is 7.03. The Bertz CT molecular complexity index is 490. The highest BCUT2D eigenvalue weighted by molar-refractivity contribution is 9.11. The molecule has 1 aromatic rings. The molecule has 1 saturated heterocycles. The fourth-order valence-corrected chi connectivity index (χ4v) is 4.45. The molecule has 0 radical (unpaired) electrons. The van der Waals surface area contributed by atoms with E-state index in [4.69, 9.17) is 0 Å². The number of anilines is 1. The van der Waals surface area contributed by atoms with Crippen LogP contribution in [0, 0.1) is 18.8 Å². The number of carbonyl (C=O) groups excluding carboxylic acids is 1. The molecule has 0 saturated carbocycles. The number of hydrogen-bond donors (Lipinski definition) is 2. The van der Waals surface area contributed by atoms with Gasteiger partial charge in [-0.1, -0.05) is 6.92 Å². The zero-order valence-electron chi connectivity index (χ0n) is 12.5. The van der Waals surface area contributed by atoms with Gasteiger partial charge >= 0.3 is 0 Å². The zero-order valence-corrected chi connectivity index (χ0v) is 15.7. The van der Waals surface area contributed by atoms with E-state index < -0.39 is 0 Å². The van der Waals surface area contributed by atoms with Crippen LogP contribution in [0.2, 0.25) is 0 Å². The van der Waals surface area contributed by atoms with Crippen LogP contribution < -0.4 is 10.6 Å². The van der Waals surface area contributed by atoms with Crippen molar-refractivity contribution in [2.24, 2.45) is 11.8 Å². The lowest BCUT2D eigenvalue weighted by atomic mass is 9.85. The highest BCUT2D eigenvalue weighted by Crippen LogP contribution is 2.33. The van der Waals surface area contributed by atoms with E-state index in [2.05, 4.69) is 49.4 Å². The van der Waals surface area contributed by atoms with Crippen molar-refractivity contribution >= 4 is 43.5 Å². The van der Waals surface area contributed by atoms with Crippen LogP contribution in [0.5, 0.6) is 0 Å². The first kappa shape index (κ1) is 17.0. The first-order valence-corrected chi connectivity index (χ1v) is 9.02. The Morgan fingerprint density at radius 3 is 2.67 bits per heavy atom. The average Bonchev–Trinajstić information content (AvgIpc) is 2.43. The number of nitrogens with one attached hydrogen (secondary N) is 2. The minimum atomic E-state index is 0.0818. The van der Waals surface area contributed by atoms with E-state index in [9.17, 15) is 4.79 Å². The van der Waals surface area contributed by atoms with Crippen LogP contribution >= 0.6 is 31.9 Å². The number of amides is 1. The molecule has 1 aromatic carbocycles. The van der Waals surface area contributed by atoms with Gasteiger partial charge in [-0.2, -0.15) is 0 Å². The molecule has 3 nitrogen and oxygen atoms in total. The van der Waals surface area contributed by atoms with Crippen molar-refractivity contribution in [1.82, 2.24) is 5.32 Å². The zero-order chi connectivity index (χ0) is 15.4. The fraction of sp³-hybridized carbons (Fsp3) is 0.562. The molecule has 116 valence electrons. The molecule has 0 aromatic heterocycles. The molecule has 2 N–H and O–H groups in total. The number of benzene rings is 1. The van der Waals surface area contributed by atoms with Crippen molar-refractivity contribution in [2.75, 3.05) is 18.4 Å². The highest BCUT2D eigenvalue weighted by atomic mass is 79.9. The lowest BCUT2D eigenvalue weighted by Crippen LogP contribution is -2.34. The number of halogens is 2. The van der Waals surface area contributed by atoms with Crippen molar-refractivity contribution in [3.63, 3.8) is 0 Å². The maximum Gasteiger partial charge on any atom is 0.224 e. The Balaban J connectivity index is 1.95. The Morgan fingerprint density at radius 2 is 2.10 bits per heavy atom. The Labute approximate surface area is 143 Å². The first-order valence-electron chi connectivity index (χ1n) is 7.43. The number of rotatable bonds is 4. The van der Waals surface area contributed by atoms with Gasteiger partial charge in [0, 0.05) is 15.4 Å². The van der Waals surface area contributed by atoms with Gasteiger partial charge in [0.2, 0.25) is 5.91 Å². The van der Waals surface area contributed by atoms with Crippen molar-refractivity contribution in [1.29, 1.82) is 0 Å². The van der Waals surface area contributed by atoms with Gasteiger partial charge in [-0.25, -0.2) is 0 Å². The Morgan fingerprint density at radius 1 is 1.43 bits per heavy atom. The smallest absolute Gasteiger partial charge is 0.224 e. The first-order chi connectivity index (χ1) is 9.97. The van der Waals surface area contributed by atoms with E-state index in [1.54, 1.807) is 0 Å². The molecule has 0 aliphatic carbocycles. The molecule has 1 amide bonds. The minimum absolute atomic E-state index is 0.0818. The molecule has 5 heteroatoms. The SMILES string of the molecule is Cc1cc(Br)c(NC(=O)CC(C)C2CCCNC2)c(Br)c1. The van der Waals surface area contributed by atoms with Crippen LogP contribution in [0.25, 0.3) is 0 Å². The molecule has 0 bridgehead atoms. The summed E-state index contributed by atoms with van der Waals surface area (Å²) in [5, 5.41) is 6.44. The third-order valence-corrected chi connectivity index (χ3v) is 5.35. The minimum Gasteiger partial charge on any atom is -0.324 e. The standard InChI is InChI=1S/C16H22Br2N2O/c1-10-6-13(17)16(14(18)7-10)20-15(21)8-11(2)12-4-3-5-19-9-12/h6-7,11-12,19H,3-5,8-9H2,1-2H3,(H,20,21). The Kier molecular flexibility index (Phi) is 6.26. The number of carbonyl (C=O) groups is 1. The molecule has 2 unspecified atom stereocenters. The van der Waals surface area contributed by atoms with Gasteiger partial charge in [0.1, 0.15) is 0 Å². The molecular formula is C16H22Br2N2O. The van der Waals surface area contributed by atoms with Gasteiger partial charge in [-0.05, 0) is 94.2 Å². The summed E-state index contributed by atoms with van der Waals surface area (Å²) in [6.07, 6.45) is 3.00. The lowest BCUT2D eigenvalue weighted by molar-refractivity contribution is -0.117. The molecule has 21 heavy (non-hydrogen) atoms. The van der Waals surface area contributed by atoms with Crippen LogP contribution in [0.15, 0.2) is 21.1 Å².